The van der Waals surface area contributed by atoms with Gasteiger partial charge in [-0.2, -0.15) is 0 Å². The van der Waals surface area contributed by atoms with Gasteiger partial charge in [-0.3, -0.25) is 14.4 Å². The first-order valence-electron chi connectivity index (χ1n) is 11.5. The second kappa shape index (κ2) is 9.84. The van der Waals surface area contributed by atoms with Crippen LogP contribution in [0.1, 0.15) is 82.5 Å². The van der Waals surface area contributed by atoms with Gasteiger partial charge >= 0.3 is 5.97 Å². The summed E-state index contributed by atoms with van der Waals surface area (Å²) in [6, 6.07) is 5.40. The van der Waals surface area contributed by atoms with Crippen LogP contribution in [0.5, 0.6) is 0 Å². The number of hydrogen-bond donors (Lipinski definition) is 0. The number of methoxy groups -OCH3 is 1. The topological polar surface area (TPSA) is 84.0 Å². The Labute approximate surface area is 190 Å². The van der Waals surface area contributed by atoms with Gasteiger partial charge < -0.3 is 9.64 Å². The molecular formula is C25H34N2O5. The van der Waals surface area contributed by atoms with E-state index in [-0.39, 0.29) is 35.6 Å². The quantitative estimate of drug-likeness (QED) is 0.390. The van der Waals surface area contributed by atoms with E-state index in [4.69, 9.17) is 4.74 Å². The van der Waals surface area contributed by atoms with Crippen molar-refractivity contribution in [1.82, 2.24) is 4.90 Å². The van der Waals surface area contributed by atoms with Crippen LogP contribution in [0.15, 0.2) is 24.3 Å². The lowest BCUT2D eigenvalue weighted by molar-refractivity contribution is -0.143. The molecule has 0 radical (unpaired) electrons. The van der Waals surface area contributed by atoms with Crippen LogP contribution in [-0.4, -0.2) is 47.8 Å². The van der Waals surface area contributed by atoms with Gasteiger partial charge in [0.1, 0.15) is 6.04 Å². The fourth-order valence-electron chi connectivity index (χ4n) is 4.68. The summed E-state index contributed by atoms with van der Waals surface area (Å²) in [5, 5.41) is 0. The first kappa shape index (κ1) is 24.0. The highest BCUT2D eigenvalue weighted by Crippen LogP contribution is 2.33. The molecular weight excluding hydrogens is 408 g/mol. The van der Waals surface area contributed by atoms with E-state index >= 15 is 0 Å². The van der Waals surface area contributed by atoms with Crippen molar-refractivity contribution in [2.75, 3.05) is 12.0 Å². The molecule has 1 aliphatic heterocycles. The second-order valence-corrected chi connectivity index (χ2v) is 10.0. The molecule has 174 valence electrons. The molecule has 2 aliphatic rings. The maximum Gasteiger partial charge on any atom is 0.337 e. The Morgan fingerprint density at radius 1 is 1.03 bits per heavy atom. The average molecular weight is 443 g/mol. The van der Waals surface area contributed by atoms with Gasteiger partial charge in [0.25, 0.3) is 5.91 Å². The number of amides is 3. The number of carbonyl (C=O) groups is 4. The highest BCUT2D eigenvalue weighted by atomic mass is 16.5. The molecule has 0 N–H and O–H groups in total. The largest absolute Gasteiger partial charge is 0.465 e. The lowest BCUT2D eigenvalue weighted by Crippen LogP contribution is -2.51. The van der Waals surface area contributed by atoms with E-state index in [9.17, 15) is 19.2 Å². The predicted molar refractivity (Wildman–Crippen MR) is 121 cm³/mol. The molecule has 7 nitrogen and oxygen atoms in total. The van der Waals surface area contributed by atoms with Crippen molar-refractivity contribution in [2.45, 2.75) is 84.2 Å². The third-order valence-electron chi connectivity index (χ3n) is 6.19. The van der Waals surface area contributed by atoms with Crippen LogP contribution in [-0.2, 0) is 19.1 Å². The van der Waals surface area contributed by atoms with Crippen molar-refractivity contribution in [3.63, 3.8) is 0 Å². The van der Waals surface area contributed by atoms with Gasteiger partial charge in [-0.15, -0.1) is 0 Å². The van der Waals surface area contributed by atoms with E-state index in [1.165, 1.54) is 19.2 Å². The van der Waals surface area contributed by atoms with E-state index < -0.39 is 12.0 Å². The normalized spacial score (nSPS) is 20.2. The molecule has 3 amide bonds. The number of nitrogens with zero attached hydrogens (tertiary/aromatic N) is 2. The number of rotatable bonds is 5. The molecule has 1 aliphatic carbocycles. The minimum Gasteiger partial charge on any atom is -0.465 e. The number of hydrogen-bond acceptors (Lipinski definition) is 5. The molecule has 7 heteroatoms. The summed E-state index contributed by atoms with van der Waals surface area (Å²) in [5.74, 6) is -1.24. The molecule has 1 aromatic rings. The Hall–Kier alpha value is -2.70. The maximum absolute atomic E-state index is 13.5. The lowest BCUT2D eigenvalue weighted by Gasteiger charge is -2.36. The van der Waals surface area contributed by atoms with Gasteiger partial charge in [0.2, 0.25) is 11.8 Å². The number of ether oxygens (including phenoxy) is 1. The van der Waals surface area contributed by atoms with Crippen LogP contribution >= 0.6 is 0 Å². The zero-order valence-corrected chi connectivity index (χ0v) is 19.6. The van der Waals surface area contributed by atoms with Gasteiger partial charge in [0.15, 0.2) is 0 Å². The predicted octanol–water partition coefficient (Wildman–Crippen LogP) is 4.09. The van der Waals surface area contributed by atoms with E-state index in [0.717, 1.165) is 43.4 Å². The third kappa shape index (κ3) is 5.37. The molecule has 2 fully saturated rings. The number of anilines is 1. The standard InChI is InChI=1S/C25H34N2O5/c1-25(2,3)16-22(29)26(18-9-7-5-6-8-10-18)20-15-21(28)27(23(20)30)19-13-11-17(12-14-19)24(31)32-4/h11-14,18,20H,5-10,15-16H2,1-4H3. The molecule has 1 heterocycles. The first-order valence-corrected chi connectivity index (χ1v) is 11.5. The van der Waals surface area contributed by atoms with Gasteiger partial charge in [0.05, 0.1) is 24.8 Å². The molecule has 0 aromatic heterocycles. The molecule has 1 saturated carbocycles. The highest BCUT2D eigenvalue weighted by Gasteiger charge is 2.46. The minimum atomic E-state index is -0.777. The van der Waals surface area contributed by atoms with Crippen LogP contribution in [0.2, 0.25) is 0 Å². The molecule has 1 atom stereocenters. The molecule has 3 rings (SSSR count). The molecule has 1 saturated heterocycles. The van der Waals surface area contributed by atoms with E-state index in [1.54, 1.807) is 17.0 Å². The van der Waals surface area contributed by atoms with Crippen LogP contribution in [0.3, 0.4) is 0 Å². The SMILES string of the molecule is COC(=O)c1ccc(N2C(=O)CC(N(C(=O)CC(C)(C)C)C3CCCCCC3)C2=O)cc1. The van der Waals surface area contributed by atoms with E-state index in [0.29, 0.717) is 17.7 Å². The summed E-state index contributed by atoms with van der Waals surface area (Å²) in [5.41, 5.74) is 0.529. The molecule has 0 spiro atoms. The van der Waals surface area contributed by atoms with Crippen molar-refractivity contribution in [2.24, 2.45) is 5.41 Å². The van der Waals surface area contributed by atoms with Gasteiger partial charge in [-0.1, -0.05) is 46.5 Å². The fraction of sp³-hybridized carbons (Fsp3) is 0.600. The van der Waals surface area contributed by atoms with Gasteiger partial charge in [-0.05, 0) is 42.5 Å². The summed E-state index contributed by atoms with van der Waals surface area (Å²) >= 11 is 0. The summed E-state index contributed by atoms with van der Waals surface area (Å²) in [7, 11) is 1.30. The molecule has 1 aromatic carbocycles. The van der Waals surface area contributed by atoms with Crippen LogP contribution in [0.25, 0.3) is 0 Å². The maximum atomic E-state index is 13.5. The van der Waals surface area contributed by atoms with Gasteiger partial charge in [0, 0.05) is 12.5 Å². The Balaban J connectivity index is 1.88. The monoisotopic (exact) mass is 442 g/mol. The first-order chi connectivity index (χ1) is 15.1. The number of carbonyl (C=O) groups excluding carboxylic acids is 4. The molecule has 1 unspecified atom stereocenters. The second-order valence-electron chi connectivity index (χ2n) is 10.0. The zero-order valence-electron chi connectivity index (χ0n) is 19.6. The minimum absolute atomic E-state index is 0.00995. The zero-order chi connectivity index (χ0) is 23.5. The number of imide groups is 1. The van der Waals surface area contributed by atoms with E-state index in [1.807, 2.05) is 20.8 Å². The van der Waals surface area contributed by atoms with Crippen molar-refractivity contribution in [3.8, 4) is 0 Å². The van der Waals surface area contributed by atoms with Crippen molar-refractivity contribution in [3.05, 3.63) is 29.8 Å². The summed E-state index contributed by atoms with van der Waals surface area (Å²) in [6.45, 7) is 6.02. The summed E-state index contributed by atoms with van der Waals surface area (Å²) in [6.07, 6.45) is 6.36. The average Bonchev–Trinajstić information content (AvgIpc) is 2.90. The van der Waals surface area contributed by atoms with Crippen LogP contribution in [0, 0.1) is 5.41 Å². The Morgan fingerprint density at radius 3 is 2.16 bits per heavy atom. The lowest BCUT2D eigenvalue weighted by atomic mass is 9.90. The summed E-state index contributed by atoms with van der Waals surface area (Å²) in [4.78, 5) is 54.3. The Morgan fingerprint density at radius 2 is 1.62 bits per heavy atom. The Kier molecular flexibility index (Phi) is 7.36. The molecule has 0 bridgehead atoms. The summed E-state index contributed by atoms with van der Waals surface area (Å²) < 4.78 is 4.71. The van der Waals surface area contributed by atoms with Crippen molar-refractivity contribution < 1.29 is 23.9 Å². The van der Waals surface area contributed by atoms with Gasteiger partial charge in [-0.25, -0.2) is 9.69 Å². The van der Waals surface area contributed by atoms with Crippen LogP contribution in [0.4, 0.5) is 5.69 Å². The third-order valence-corrected chi connectivity index (χ3v) is 6.19. The Bertz CT molecular complexity index is 863. The fourth-order valence-corrected chi connectivity index (χ4v) is 4.68. The van der Waals surface area contributed by atoms with Crippen molar-refractivity contribution in [1.29, 1.82) is 0 Å². The smallest absolute Gasteiger partial charge is 0.337 e. The van der Waals surface area contributed by atoms with Crippen LogP contribution < -0.4 is 4.90 Å². The van der Waals surface area contributed by atoms with E-state index in [2.05, 4.69) is 0 Å². The number of benzene rings is 1. The highest BCUT2D eigenvalue weighted by molar-refractivity contribution is 6.23. The molecule has 32 heavy (non-hydrogen) atoms. The van der Waals surface area contributed by atoms with Crippen molar-refractivity contribution >= 4 is 29.4 Å². The number of esters is 1.